The van der Waals surface area contributed by atoms with Gasteiger partial charge < -0.3 is 14.9 Å². The molecular weight excluding hydrogens is 348 g/mol. The average Bonchev–Trinajstić information content (AvgIpc) is 2.61. The molecule has 140 valence electrons. The molecule has 0 radical (unpaired) electrons. The SMILES string of the molecule is Cc1ccc(C=C(C(=O)O)C(CC(=O)Oc2ccc(C)cc2)C(=O)O)cc1. The number of aliphatic carboxylic acids is 2. The number of esters is 1. The van der Waals surface area contributed by atoms with Gasteiger partial charge in [0.05, 0.1) is 17.9 Å². The standard InChI is InChI=1S/C21H20O6/c1-13-3-7-15(8-4-13)11-17(20(23)24)18(21(25)26)12-19(22)27-16-9-5-14(2)6-10-16/h3-11,18H,12H2,1-2H3,(H,23,24)(H,25,26). The molecule has 0 amide bonds. The molecule has 0 heterocycles. The van der Waals surface area contributed by atoms with Gasteiger partial charge in [0.25, 0.3) is 0 Å². The number of ether oxygens (including phenoxy) is 1. The Hall–Kier alpha value is -3.41. The van der Waals surface area contributed by atoms with Crippen LogP contribution < -0.4 is 4.74 Å². The number of carbonyl (C=O) groups is 3. The lowest BCUT2D eigenvalue weighted by Crippen LogP contribution is -2.26. The summed E-state index contributed by atoms with van der Waals surface area (Å²) in [7, 11) is 0. The second kappa shape index (κ2) is 8.80. The normalized spacial score (nSPS) is 12.3. The van der Waals surface area contributed by atoms with E-state index in [0.717, 1.165) is 11.1 Å². The van der Waals surface area contributed by atoms with Crippen LogP contribution >= 0.6 is 0 Å². The molecule has 2 rings (SSSR count). The van der Waals surface area contributed by atoms with Crippen LogP contribution in [0.1, 0.15) is 23.1 Å². The smallest absolute Gasteiger partial charge is 0.332 e. The van der Waals surface area contributed by atoms with Gasteiger partial charge in [0, 0.05) is 0 Å². The molecule has 0 aromatic heterocycles. The first-order chi connectivity index (χ1) is 12.8. The van der Waals surface area contributed by atoms with Crippen LogP contribution in [0.2, 0.25) is 0 Å². The molecule has 0 aliphatic rings. The Kier molecular flexibility index (Phi) is 6.49. The van der Waals surface area contributed by atoms with Crippen molar-refractivity contribution in [3.05, 3.63) is 70.8 Å². The first-order valence-corrected chi connectivity index (χ1v) is 8.28. The fourth-order valence-corrected chi connectivity index (χ4v) is 2.43. The van der Waals surface area contributed by atoms with Crippen molar-refractivity contribution in [2.24, 2.45) is 5.92 Å². The minimum atomic E-state index is -1.53. The summed E-state index contributed by atoms with van der Waals surface area (Å²) in [4.78, 5) is 35.4. The van der Waals surface area contributed by atoms with E-state index in [1.54, 1.807) is 48.5 Å². The summed E-state index contributed by atoms with van der Waals surface area (Å²) in [6.45, 7) is 3.76. The van der Waals surface area contributed by atoms with Crippen LogP contribution in [0.25, 0.3) is 6.08 Å². The van der Waals surface area contributed by atoms with E-state index in [-0.39, 0.29) is 11.3 Å². The van der Waals surface area contributed by atoms with Gasteiger partial charge in [0.15, 0.2) is 0 Å². The maximum atomic E-state index is 12.1. The molecule has 0 fully saturated rings. The molecule has 0 saturated carbocycles. The highest BCUT2D eigenvalue weighted by atomic mass is 16.5. The zero-order valence-electron chi connectivity index (χ0n) is 15.0. The van der Waals surface area contributed by atoms with Crippen LogP contribution in [0.5, 0.6) is 5.75 Å². The van der Waals surface area contributed by atoms with Crippen molar-refractivity contribution >= 4 is 24.0 Å². The largest absolute Gasteiger partial charge is 0.481 e. The van der Waals surface area contributed by atoms with Crippen molar-refractivity contribution < 1.29 is 29.3 Å². The van der Waals surface area contributed by atoms with Gasteiger partial charge in [-0.3, -0.25) is 9.59 Å². The lowest BCUT2D eigenvalue weighted by Gasteiger charge is -2.13. The van der Waals surface area contributed by atoms with Gasteiger partial charge >= 0.3 is 17.9 Å². The van der Waals surface area contributed by atoms with Gasteiger partial charge in [-0.1, -0.05) is 47.5 Å². The van der Waals surface area contributed by atoms with E-state index in [1.165, 1.54) is 6.08 Å². The molecule has 27 heavy (non-hydrogen) atoms. The number of carboxylic acid groups (broad SMARTS) is 2. The molecule has 2 aromatic rings. The summed E-state index contributed by atoms with van der Waals surface area (Å²) < 4.78 is 5.12. The predicted octanol–water partition coefficient (Wildman–Crippen LogP) is 3.47. The molecule has 2 aromatic carbocycles. The Labute approximate surface area is 156 Å². The fraction of sp³-hybridized carbons (Fsp3) is 0.190. The summed E-state index contributed by atoms with van der Waals surface area (Å²) in [5, 5.41) is 18.9. The lowest BCUT2D eigenvalue weighted by molar-refractivity contribution is -0.147. The molecular formula is C21H20O6. The Morgan fingerprint density at radius 2 is 1.44 bits per heavy atom. The first kappa shape index (κ1) is 19.9. The molecule has 1 atom stereocenters. The number of hydrogen-bond donors (Lipinski definition) is 2. The molecule has 1 unspecified atom stereocenters. The van der Waals surface area contributed by atoms with Crippen molar-refractivity contribution in [1.82, 2.24) is 0 Å². The first-order valence-electron chi connectivity index (χ1n) is 8.28. The second-order valence-corrected chi connectivity index (χ2v) is 6.20. The maximum absolute atomic E-state index is 12.1. The van der Waals surface area contributed by atoms with Crippen molar-refractivity contribution in [3.8, 4) is 5.75 Å². The van der Waals surface area contributed by atoms with Crippen molar-refractivity contribution in [3.63, 3.8) is 0 Å². The number of carbonyl (C=O) groups excluding carboxylic acids is 1. The van der Waals surface area contributed by atoms with Gasteiger partial charge in [-0.15, -0.1) is 0 Å². The highest BCUT2D eigenvalue weighted by Crippen LogP contribution is 2.22. The van der Waals surface area contributed by atoms with Crippen molar-refractivity contribution in [1.29, 1.82) is 0 Å². The Bertz CT molecular complexity index is 863. The Morgan fingerprint density at radius 1 is 0.926 bits per heavy atom. The molecule has 0 saturated heterocycles. The van der Waals surface area contributed by atoms with Crippen LogP contribution in [0, 0.1) is 19.8 Å². The lowest BCUT2D eigenvalue weighted by atomic mass is 9.93. The number of carboxylic acids is 2. The van der Waals surface area contributed by atoms with Crippen LogP contribution in [0.15, 0.2) is 54.1 Å². The number of benzene rings is 2. The summed E-state index contributed by atoms with van der Waals surface area (Å²) in [6.07, 6.45) is 0.674. The second-order valence-electron chi connectivity index (χ2n) is 6.20. The summed E-state index contributed by atoms with van der Waals surface area (Å²) >= 11 is 0. The molecule has 6 heteroatoms. The molecule has 0 aliphatic carbocycles. The summed E-state index contributed by atoms with van der Waals surface area (Å²) in [5.74, 6) is -4.87. The molecule has 2 N–H and O–H groups in total. The van der Waals surface area contributed by atoms with E-state index in [9.17, 15) is 24.6 Å². The Morgan fingerprint density at radius 3 is 1.93 bits per heavy atom. The van der Waals surface area contributed by atoms with Gasteiger partial charge in [0.2, 0.25) is 0 Å². The molecule has 0 spiro atoms. The third-order valence-corrected chi connectivity index (χ3v) is 3.94. The van der Waals surface area contributed by atoms with E-state index in [0.29, 0.717) is 5.56 Å². The van der Waals surface area contributed by atoms with E-state index < -0.39 is 30.2 Å². The third-order valence-electron chi connectivity index (χ3n) is 3.94. The zero-order chi connectivity index (χ0) is 20.0. The maximum Gasteiger partial charge on any atom is 0.332 e. The molecule has 0 bridgehead atoms. The van der Waals surface area contributed by atoms with Gasteiger partial charge in [0.1, 0.15) is 5.75 Å². The zero-order valence-corrected chi connectivity index (χ0v) is 15.0. The molecule has 6 nitrogen and oxygen atoms in total. The minimum absolute atomic E-state index is 0.272. The number of rotatable bonds is 7. The van der Waals surface area contributed by atoms with Gasteiger partial charge in [-0.25, -0.2) is 4.79 Å². The topological polar surface area (TPSA) is 101 Å². The summed E-state index contributed by atoms with van der Waals surface area (Å²) in [5.41, 5.74) is 2.12. The van der Waals surface area contributed by atoms with E-state index in [1.807, 2.05) is 13.8 Å². The predicted molar refractivity (Wildman–Crippen MR) is 99.3 cm³/mol. The van der Waals surface area contributed by atoms with Crippen molar-refractivity contribution in [2.75, 3.05) is 0 Å². The minimum Gasteiger partial charge on any atom is -0.481 e. The van der Waals surface area contributed by atoms with Gasteiger partial charge in [-0.05, 0) is 37.6 Å². The highest BCUT2D eigenvalue weighted by molar-refractivity contribution is 5.99. The third kappa shape index (κ3) is 5.81. The van der Waals surface area contributed by atoms with Crippen LogP contribution in [-0.4, -0.2) is 28.1 Å². The van der Waals surface area contributed by atoms with Crippen LogP contribution in [0.3, 0.4) is 0 Å². The Balaban J connectivity index is 2.23. The quantitative estimate of drug-likeness (QED) is 0.441. The van der Waals surface area contributed by atoms with Crippen molar-refractivity contribution in [2.45, 2.75) is 20.3 Å². The fourth-order valence-electron chi connectivity index (χ4n) is 2.43. The summed E-state index contributed by atoms with van der Waals surface area (Å²) in [6, 6.07) is 13.6. The highest BCUT2D eigenvalue weighted by Gasteiger charge is 2.30. The molecule has 0 aliphatic heterocycles. The number of hydrogen-bond acceptors (Lipinski definition) is 4. The van der Waals surface area contributed by atoms with E-state index in [2.05, 4.69) is 0 Å². The van der Waals surface area contributed by atoms with E-state index >= 15 is 0 Å². The van der Waals surface area contributed by atoms with Gasteiger partial charge in [-0.2, -0.15) is 0 Å². The monoisotopic (exact) mass is 368 g/mol. The van der Waals surface area contributed by atoms with Crippen LogP contribution in [-0.2, 0) is 14.4 Å². The van der Waals surface area contributed by atoms with E-state index in [4.69, 9.17) is 4.74 Å². The van der Waals surface area contributed by atoms with Crippen LogP contribution in [0.4, 0.5) is 0 Å². The number of aryl methyl sites for hydroxylation is 2. The average molecular weight is 368 g/mol.